The third kappa shape index (κ3) is 11.5. The number of carbonyl (C=O) groups is 4. The van der Waals surface area contributed by atoms with Crippen molar-refractivity contribution in [3.05, 3.63) is 213 Å². The first-order valence-corrected chi connectivity index (χ1v) is 26.0. The third-order valence-electron chi connectivity index (χ3n) is 11.1. The molecule has 2 aliphatic heterocycles. The number of rotatable bonds is 16. The van der Waals surface area contributed by atoms with E-state index in [-0.39, 0.29) is 32.7 Å². The van der Waals surface area contributed by atoms with Crippen LogP contribution in [0.3, 0.4) is 0 Å². The molecule has 1 fully saturated rings. The molecule has 8 rings (SSSR count). The molecule has 382 valence electrons. The molecule has 2 N–H and O–H groups in total. The first-order chi connectivity index (χ1) is 35.3. The van der Waals surface area contributed by atoms with Gasteiger partial charge < -0.3 is 23.8 Å². The number of thioether (sulfide) groups is 1. The van der Waals surface area contributed by atoms with Crippen LogP contribution >= 0.6 is 34.7 Å². The van der Waals surface area contributed by atoms with Crippen molar-refractivity contribution in [3.63, 3.8) is 0 Å². The number of oxime groups is 1. The number of nitrogens with one attached hydrogen (secondary N) is 2. The zero-order valence-electron chi connectivity index (χ0n) is 39.2. The highest BCUT2D eigenvalue weighted by molar-refractivity contribution is 8.00. The van der Waals surface area contributed by atoms with Crippen LogP contribution in [0.1, 0.15) is 60.4 Å². The number of alkyl halides is 3. The lowest BCUT2D eigenvalue weighted by Crippen LogP contribution is -2.71. The topological polar surface area (TPSA) is 192 Å². The van der Waals surface area contributed by atoms with E-state index in [2.05, 4.69) is 25.0 Å². The summed E-state index contributed by atoms with van der Waals surface area (Å²) < 4.78 is 78.9. The molecule has 5 aromatic carbocycles. The molecule has 0 saturated carbocycles. The first-order valence-electron chi connectivity index (χ1n) is 22.3. The van der Waals surface area contributed by atoms with Crippen molar-refractivity contribution in [1.29, 1.82) is 0 Å². The highest BCUT2D eigenvalue weighted by atomic mass is 35.5. The Morgan fingerprint density at radius 1 is 0.811 bits per heavy atom. The number of amides is 3. The number of esters is 1. The van der Waals surface area contributed by atoms with Gasteiger partial charge in [-0.25, -0.2) is 14.6 Å². The van der Waals surface area contributed by atoms with Gasteiger partial charge in [0.1, 0.15) is 39.0 Å². The molecule has 2 atom stereocenters. The zero-order chi connectivity index (χ0) is 52.8. The van der Waals surface area contributed by atoms with Gasteiger partial charge in [0, 0.05) is 22.4 Å². The highest BCUT2D eigenvalue weighted by Crippen LogP contribution is 2.44. The number of fused-ring (bicyclic) bond motifs is 1. The number of nitrogens with zero attached hydrogens (tertiary/aromatic N) is 3. The summed E-state index contributed by atoms with van der Waals surface area (Å²) in [4.78, 5) is 69.0. The normalized spacial score (nSPS) is 16.3. The Morgan fingerprint density at radius 3 is 1.80 bits per heavy atom. The molecule has 3 amide bonds. The number of ether oxygens (including phenoxy) is 2. The maximum absolute atomic E-state index is 14.9. The molecule has 0 aliphatic carbocycles. The molecule has 1 saturated heterocycles. The average Bonchev–Trinajstić information content (AvgIpc) is 3.74. The second-order valence-electron chi connectivity index (χ2n) is 17.2. The van der Waals surface area contributed by atoms with Gasteiger partial charge in [0.15, 0.2) is 16.9 Å². The summed E-state index contributed by atoms with van der Waals surface area (Å²) in [6.07, 6.45) is -0.872. The molecule has 6 aromatic rings. The smallest absolute Gasteiger partial charge is 0.448 e. The summed E-state index contributed by atoms with van der Waals surface area (Å²) in [5.41, 5.74) is -6.75. The Morgan fingerprint density at radius 2 is 1.31 bits per heavy atom. The summed E-state index contributed by atoms with van der Waals surface area (Å²) in [5, 5.41) is 8.57. The Bertz CT molecular complexity index is 3100. The molecular weight excluding hydrogens is 1040 g/mol. The summed E-state index contributed by atoms with van der Waals surface area (Å²) in [6.45, 7) is 4.99. The molecular formula is C52H43ClF3N5O10S3. The Kier molecular flexibility index (Phi) is 15.7. The predicted molar refractivity (Wildman–Crippen MR) is 272 cm³/mol. The van der Waals surface area contributed by atoms with Gasteiger partial charge >= 0.3 is 27.7 Å². The van der Waals surface area contributed by atoms with Crippen LogP contribution in [0.5, 0.6) is 0 Å². The molecule has 15 nitrogen and oxygen atoms in total. The van der Waals surface area contributed by atoms with Crippen LogP contribution in [0.4, 0.5) is 23.1 Å². The fourth-order valence-electron chi connectivity index (χ4n) is 7.83. The van der Waals surface area contributed by atoms with Gasteiger partial charge in [0.05, 0.1) is 0 Å². The van der Waals surface area contributed by atoms with Crippen LogP contribution in [0.25, 0.3) is 0 Å². The van der Waals surface area contributed by atoms with E-state index in [1.54, 1.807) is 118 Å². The minimum absolute atomic E-state index is 0.0841. The number of thiazole rings is 1. The van der Waals surface area contributed by atoms with Crippen molar-refractivity contribution in [1.82, 2.24) is 15.2 Å². The second kappa shape index (κ2) is 21.9. The van der Waals surface area contributed by atoms with Crippen LogP contribution in [-0.2, 0) is 48.6 Å². The standard InChI is InChI=1S/C52H43ClF3N5O10S3/c1-50(2,3)70-49(65)59-48-58-38(43(53)73-48)39(60-71-51(35-23-13-6-14-24-35,36-25-15-7-16-26-36)37-27-17-8-18-28-37)44(62)57-40-45(63)61-41(34(31-72-46(40)61)29-30-68-74(66,67)52(54,55)56)47(64)69-42(32-19-9-4-10-20-32)33-21-11-5-12-22-33/h4-30,40,42,46H,31H2,1-3H3,(H,57,62)(H,58,59,65)/t40-,46-/m1/s1. The SMILES string of the molecule is CC(C)(C)OC(=O)Nc1nc(C(=NOC(c2ccccc2)(c2ccccc2)c2ccccc2)C(=O)N[C@@H]2C(=O)N3C(C(=O)OC(c4ccccc4)c4ccccc4)=C(C=COS(=O)(=O)C(F)(F)F)CS[C@H]23)c(Cl)s1. The van der Waals surface area contributed by atoms with Gasteiger partial charge in [0.25, 0.3) is 11.8 Å². The zero-order valence-corrected chi connectivity index (χ0v) is 42.4. The molecule has 22 heteroatoms. The van der Waals surface area contributed by atoms with Crippen LogP contribution in [-0.4, -0.2) is 76.2 Å². The maximum Gasteiger partial charge on any atom is 0.534 e. The monoisotopic (exact) mass is 1090 g/mol. The lowest BCUT2D eigenvalue weighted by molar-refractivity contribution is -0.154. The van der Waals surface area contributed by atoms with E-state index < -0.39 is 79.6 Å². The van der Waals surface area contributed by atoms with E-state index in [0.717, 1.165) is 34.1 Å². The molecule has 0 unspecified atom stereocenters. The molecule has 0 radical (unpaired) electrons. The number of hydrogen-bond donors (Lipinski definition) is 2. The van der Waals surface area contributed by atoms with E-state index in [1.165, 1.54) is 0 Å². The molecule has 2 aliphatic rings. The summed E-state index contributed by atoms with van der Waals surface area (Å²) >= 11 is 8.58. The first kappa shape index (κ1) is 52.9. The molecule has 0 spiro atoms. The highest BCUT2D eigenvalue weighted by Gasteiger charge is 2.55. The van der Waals surface area contributed by atoms with E-state index >= 15 is 0 Å². The summed E-state index contributed by atoms with van der Waals surface area (Å²) in [6, 6.07) is 43.0. The van der Waals surface area contributed by atoms with Crippen LogP contribution < -0.4 is 10.6 Å². The van der Waals surface area contributed by atoms with Crippen molar-refractivity contribution >= 4 is 79.5 Å². The number of allylic oxidation sites excluding steroid dienone is 1. The van der Waals surface area contributed by atoms with Crippen LogP contribution in [0.2, 0.25) is 4.34 Å². The molecule has 3 heterocycles. The summed E-state index contributed by atoms with van der Waals surface area (Å²) in [7, 11) is -6.10. The fourth-order valence-corrected chi connectivity index (χ4v) is 10.5. The quantitative estimate of drug-likeness (QED) is 0.0136. The van der Waals surface area contributed by atoms with Crippen molar-refractivity contribution in [3.8, 4) is 0 Å². The van der Waals surface area contributed by atoms with Crippen molar-refractivity contribution in [2.75, 3.05) is 11.1 Å². The Balaban J connectivity index is 1.18. The molecule has 1 aromatic heterocycles. The van der Waals surface area contributed by atoms with Crippen molar-refractivity contribution < 1.29 is 59.3 Å². The van der Waals surface area contributed by atoms with E-state index in [4.69, 9.17) is 25.9 Å². The van der Waals surface area contributed by atoms with Crippen LogP contribution in [0, 0.1) is 0 Å². The number of benzene rings is 5. The van der Waals surface area contributed by atoms with Gasteiger partial charge in [-0.3, -0.25) is 19.8 Å². The van der Waals surface area contributed by atoms with Gasteiger partial charge in [-0.15, -0.1) is 11.8 Å². The third-order valence-corrected chi connectivity index (χ3v) is 14.5. The number of anilines is 1. The Labute approximate surface area is 436 Å². The number of β-lactam (4-membered cyclic amide) rings is 1. The van der Waals surface area contributed by atoms with Gasteiger partial charge in [-0.1, -0.05) is 180 Å². The van der Waals surface area contributed by atoms with Crippen molar-refractivity contribution in [2.24, 2.45) is 5.16 Å². The van der Waals surface area contributed by atoms with Gasteiger partial charge in [0.2, 0.25) is 5.60 Å². The van der Waals surface area contributed by atoms with Gasteiger partial charge in [-0.2, -0.15) is 21.6 Å². The fraction of sp³-hybridized carbons (Fsp3) is 0.192. The van der Waals surface area contributed by atoms with Crippen LogP contribution in [0.15, 0.2) is 180 Å². The lowest BCUT2D eigenvalue weighted by atomic mass is 9.80. The molecule has 0 bridgehead atoms. The summed E-state index contributed by atoms with van der Waals surface area (Å²) in [5.74, 6) is -3.26. The lowest BCUT2D eigenvalue weighted by Gasteiger charge is -2.49. The molecule has 74 heavy (non-hydrogen) atoms. The van der Waals surface area contributed by atoms with Gasteiger partial charge in [-0.05, 0) is 43.5 Å². The number of carbonyl (C=O) groups excluding carboxylic acids is 4. The average molecular weight is 1090 g/mol. The van der Waals surface area contributed by atoms with E-state index in [1.807, 2.05) is 54.6 Å². The predicted octanol–water partition coefficient (Wildman–Crippen LogP) is 10.2. The number of hydrogen-bond acceptors (Lipinski definition) is 14. The minimum atomic E-state index is -6.10. The minimum Gasteiger partial charge on any atom is -0.448 e. The number of aromatic nitrogens is 1. The number of halogens is 4. The maximum atomic E-state index is 14.9. The Hall–Kier alpha value is -7.46. The largest absolute Gasteiger partial charge is 0.534 e. The van der Waals surface area contributed by atoms with E-state index in [9.17, 15) is 40.8 Å². The van der Waals surface area contributed by atoms with E-state index in [0.29, 0.717) is 27.8 Å². The van der Waals surface area contributed by atoms with Crippen molar-refractivity contribution in [2.45, 2.75) is 55.0 Å². The second-order valence-corrected chi connectivity index (χ2v) is 21.5.